The third-order valence-corrected chi connectivity index (χ3v) is 4.18. The summed E-state index contributed by atoms with van der Waals surface area (Å²) < 4.78 is 77.1. The third-order valence-electron chi connectivity index (χ3n) is 4.18. The van der Waals surface area contributed by atoms with Gasteiger partial charge in [-0.2, -0.15) is 26.3 Å². The van der Waals surface area contributed by atoms with Gasteiger partial charge >= 0.3 is 12.4 Å². The molecule has 2 amide bonds. The second-order valence-corrected chi connectivity index (χ2v) is 6.51. The van der Waals surface area contributed by atoms with Crippen LogP contribution in [-0.2, 0) is 21.9 Å². The first-order chi connectivity index (χ1) is 12.2. The Morgan fingerprint density at radius 3 is 2.11 bits per heavy atom. The number of carbonyl (C=O) groups is 2. The van der Waals surface area contributed by atoms with Crippen LogP contribution in [0.4, 0.5) is 32.0 Å². The first-order valence-corrected chi connectivity index (χ1v) is 7.85. The average Bonchev–Trinajstić information content (AvgIpc) is 2.53. The molecule has 0 radical (unpaired) electrons. The van der Waals surface area contributed by atoms with E-state index >= 15 is 0 Å². The normalized spacial score (nSPS) is 17.5. The number of carbonyl (C=O) groups excluding carboxylic acids is 2. The molecule has 0 saturated carbocycles. The zero-order chi connectivity index (χ0) is 20.6. The van der Waals surface area contributed by atoms with Gasteiger partial charge in [0.15, 0.2) is 0 Å². The SMILES string of the molecule is CC1(C)C(=O)NCCN1C(=O)CNc1cc(C(F)(F)F)cc(C(F)(F)F)c1. The molecule has 0 atom stereocenters. The van der Waals surface area contributed by atoms with Crippen LogP contribution in [0.1, 0.15) is 25.0 Å². The Morgan fingerprint density at radius 2 is 1.63 bits per heavy atom. The topological polar surface area (TPSA) is 61.4 Å². The lowest BCUT2D eigenvalue weighted by Gasteiger charge is -2.41. The van der Waals surface area contributed by atoms with Crippen LogP contribution in [0.15, 0.2) is 18.2 Å². The highest BCUT2D eigenvalue weighted by Crippen LogP contribution is 2.37. The first kappa shape index (κ1) is 20.8. The monoisotopic (exact) mass is 397 g/mol. The number of piperazine rings is 1. The maximum absolute atomic E-state index is 12.9. The van der Waals surface area contributed by atoms with Crippen LogP contribution in [0.2, 0.25) is 0 Å². The van der Waals surface area contributed by atoms with E-state index < -0.39 is 53.1 Å². The lowest BCUT2D eigenvalue weighted by atomic mass is 9.99. The van der Waals surface area contributed by atoms with Crippen molar-refractivity contribution < 1.29 is 35.9 Å². The lowest BCUT2D eigenvalue weighted by Crippen LogP contribution is -2.64. The Morgan fingerprint density at radius 1 is 1.11 bits per heavy atom. The number of hydrogen-bond donors (Lipinski definition) is 2. The number of amides is 2. The Labute approximate surface area is 150 Å². The maximum atomic E-state index is 12.9. The minimum atomic E-state index is -4.98. The molecule has 0 unspecified atom stereocenters. The van der Waals surface area contributed by atoms with Crippen molar-refractivity contribution in [2.45, 2.75) is 31.7 Å². The van der Waals surface area contributed by atoms with Gasteiger partial charge in [0.1, 0.15) is 5.54 Å². The molecule has 1 aromatic carbocycles. The molecular formula is C16H17F6N3O2. The summed E-state index contributed by atoms with van der Waals surface area (Å²) in [6.07, 6.45) is -9.96. The number of hydrogen-bond acceptors (Lipinski definition) is 3. The van der Waals surface area contributed by atoms with Crippen molar-refractivity contribution in [2.24, 2.45) is 0 Å². The molecule has 2 rings (SSSR count). The van der Waals surface area contributed by atoms with Crippen molar-refractivity contribution in [3.8, 4) is 0 Å². The predicted octanol–water partition coefficient (Wildman–Crippen LogP) is 2.87. The van der Waals surface area contributed by atoms with Crippen molar-refractivity contribution in [1.29, 1.82) is 0 Å². The Bertz CT molecular complexity index is 710. The molecule has 0 spiro atoms. The summed E-state index contributed by atoms with van der Waals surface area (Å²) in [6.45, 7) is 2.80. The van der Waals surface area contributed by atoms with E-state index in [1.165, 1.54) is 18.7 Å². The summed E-state index contributed by atoms with van der Waals surface area (Å²) in [7, 11) is 0. The molecule has 2 N–H and O–H groups in total. The average molecular weight is 397 g/mol. The van der Waals surface area contributed by atoms with E-state index in [1.54, 1.807) is 0 Å². The molecule has 1 aliphatic heterocycles. The first-order valence-electron chi connectivity index (χ1n) is 7.85. The van der Waals surface area contributed by atoms with Gasteiger partial charge in [-0.1, -0.05) is 0 Å². The molecule has 0 aliphatic carbocycles. The van der Waals surface area contributed by atoms with Gasteiger partial charge in [0.05, 0.1) is 17.7 Å². The van der Waals surface area contributed by atoms with E-state index in [9.17, 15) is 35.9 Å². The molecule has 11 heteroatoms. The van der Waals surface area contributed by atoms with Crippen molar-refractivity contribution in [2.75, 3.05) is 25.0 Å². The number of halogens is 6. The van der Waals surface area contributed by atoms with E-state index in [2.05, 4.69) is 10.6 Å². The molecule has 5 nitrogen and oxygen atoms in total. The lowest BCUT2D eigenvalue weighted by molar-refractivity contribution is -0.147. The third kappa shape index (κ3) is 4.64. The van der Waals surface area contributed by atoms with Gasteiger partial charge in [0.25, 0.3) is 0 Å². The zero-order valence-corrected chi connectivity index (χ0v) is 14.4. The van der Waals surface area contributed by atoms with Gasteiger partial charge in [0, 0.05) is 18.8 Å². The quantitative estimate of drug-likeness (QED) is 0.772. The fourth-order valence-electron chi connectivity index (χ4n) is 2.67. The van der Waals surface area contributed by atoms with E-state index in [0.717, 1.165) is 0 Å². The van der Waals surface area contributed by atoms with E-state index in [-0.39, 0.29) is 19.2 Å². The van der Waals surface area contributed by atoms with Crippen LogP contribution in [0.25, 0.3) is 0 Å². The van der Waals surface area contributed by atoms with Crippen molar-refractivity contribution >= 4 is 17.5 Å². The zero-order valence-electron chi connectivity index (χ0n) is 14.4. The summed E-state index contributed by atoms with van der Waals surface area (Å²) in [5.41, 5.74) is -4.64. The molecule has 1 aliphatic rings. The van der Waals surface area contributed by atoms with Gasteiger partial charge < -0.3 is 15.5 Å². The summed E-state index contributed by atoms with van der Waals surface area (Å²) >= 11 is 0. The van der Waals surface area contributed by atoms with Crippen LogP contribution in [0.5, 0.6) is 0 Å². The fraction of sp³-hybridized carbons (Fsp3) is 0.500. The molecule has 1 fully saturated rings. The fourth-order valence-corrected chi connectivity index (χ4v) is 2.67. The second-order valence-electron chi connectivity index (χ2n) is 6.51. The van der Waals surface area contributed by atoms with Crippen molar-refractivity contribution in [3.63, 3.8) is 0 Å². The predicted molar refractivity (Wildman–Crippen MR) is 83.7 cm³/mol. The van der Waals surface area contributed by atoms with Gasteiger partial charge in [-0.15, -0.1) is 0 Å². The molecule has 150 valence electrons. The largest absolute Gasteiger partial charge is 0.416 e. The summed E-state index contributed by atoms with van der Waals surface area (Å²) in [6, 6.07) is 0.998. The molecule has 1 saturated heterocycles. The summed E-state index contributed by atoms with van der Waals surface area (Å²) in [4.78, 5) is 25.4. The standard InChI is InChI=1S/C16H17F6N3O2/c1-14(2)13(27)23-3-4-25(14)12(26)8-24-11-6-9(15(17,18)19)5-10(7-11)16(20,21)22/h5-7,24H,3-4,8H2,1-2H3,(H,23,27). The molecule has 0 bridgehead atoms. The number of nitrogens with one attached hydrogen (secondary N) is 2. The molecule has 1 heterocycles. The summed E-state index contributed by atoms with van der Waals surface area (Å²) in [5.74, 6) is -1.03. The van der Waals surface area contributed by atoms with Crippen LogP contribution in [-0.4, -0.2) is 41.9 Å². The van der Waals surface area contributed by atoms with Crippen LogP contribution in [0.3, 0.4) is 0 Å². The highest BCUT2D eigenvalue weighted by Gasteiger charge is 2.40. The van der Waals surface area contributed by atoms with Gasteiger partial charge in [0.2, 0.25) is 11.8 Å². The Kier molecular flexibility index (Phi) is 5.35. The molecule has 0 aromatic heterocycles. The number of rotatable bonds is 3. The Hall–Kier alpha value is -2.46. The Balaban J connectivity index is 2.22. The number of nitrogens with zero attached hydrogens (tertiary/aromatic N) is 1. The second kappa shape index (κ2) is 6.93. The minimum Gasteiger partial charge on any atom is -0.376 e. The molecular weight excluding hydrogens is 380 g/mol. The van der Waals surface area contributed by atoms with Gasteiger partial charge in [-0.25, -0.2) is 0 Å². The highest BCUT2D eigenvalue weighted by molar-refractivity contribution is 5.93. The van der Waals surface area contributed by atoms with Gasteiger partial charge in [-0.05, 0) is 32.0 Å². The van der Waals surface area contributed by atoms with Crippen LogP contribution >= 0.6 is 0 Å². The minimum absolute atomic E-state index is 0.00504. The van der Waals surface area contributed by atoms with Crippen molar-refractivity contribution in [3.05, 3.63) is 29.3 Å². The molecule has 1 aromatic rings. The van der Waals surface area contributed by atoms with Crippen LogP contribution < -0.4 is 10.6 Å². The van der Waals surface area contributed by atoms with E-state index in [4.69, 9.17) is 0 Å². The van der Waals surface area contributed by atoms with E-state index in [1.807, 2.05) is 0 Å². The number of anilines is 1. The number of alkyl halides is 6. The summed E-state index contributed by atoms with van der Waals surface area (Å²) in [5, 5.41) is 4.87. The van der Waals surface area contributed by atoms with Gasteiger partial charge in [-0.3, -0.25) is 9.59 Å². The van der Waals surface area contributed by atoms with Crippen molar-refractivity contribution in [1.82, 2.24) is 10.2 Å². The van der Waals surface area contributed by atoms with Crippen LogP contribution in [0, 0.1) is 0 Å². The maximum Gasteiger partial charge on any atom is 0.416 e. The number of benzene rings is 1. The smallest absolute Gasteiger partial charge is 0.376 e. The highest BCUT2D eigenvalue weighted by atomic mass is 19.4. The molecule has 27 heavy (non-hydrogen) atoms. The van der Waals surface area contributed by atoms with E-state index in [0.29, 0.717) is 12.1 Å².